The van der Waals surface area contributed by atoms with E-state index in [1.54, 1.807) is 23.2 Å². The third-order valence-electron chi connectivity index (χ3n) is 6.25. The van der Waals surface area contributed by atoms with E-state index in [1.165, 1.54) is 22.5 Å². The Kier molecular flexibility index (Phi) is 6.69. The maximum absolute atomic E-state index is 13.9. The van der Waals surface area contributed by atoms with Gasteiger partial charge in [-0.2, -0.15) is 4.31 Å². The molecule has 4 rings (SSSR count). The lowest BCUT2D eigenvalue weighted by Gasteiger charge is -2.40. The Morgan fingerprint density at radius 1 is 1.27 bits per heavy atom. The Balaban J connectivity index is 1.77. The fourth-order valence-electron chi connectivity index (χ4n) is 4.70. The Hall–Kier alpha value is -2.56. The van der Waals surface area contributed by atoms with Crippen molar-refractivity contribution < 1.29 is 18.0 Å². The van der Waals surface area contributed by atoms with Crippen molar-refractivity contribution in [3.05, 3.63) is 71.0 Å². The van der Waals surface area contributed by atoms with Gasteiger partial charge in [0.25, 0.3) is 0 Å². The number of hydrogen-bond acceptors (Lipinski definition) is 5. The lowest BCUT2D eigenvalue weighted by atomic mass is 9.90. The number of pyridine rings is 1. The summed E-state index contributed by atoms with van der Waals surface area (Å²) in [6, 6.07) is 8.42. The number of primary amides is 1. The molecule has 2 N–H and O–H groups in total. The topological polar surface area (TPSA) is 114 Å². The molecule has 0 saturated carbocycles. The van der Waals surface area contributed by atoms with Crippen LogP contribution < -0.4 is 5.73 Å². The molecule has 174 valence electrons. The Morgan fingerprint density at radius 2 is 2.06 bits per heavy atom. The van der Waals surface area contributed by atoms with Gasteiger partial charge in [-0.3, -0.25) is 14.6 Å². The standard InChI is InChI=1S/C23H25BrN4O4S/c1-2-15-13-27(14-18-6-3-4-9-26-18)23(30)21-8-5-7-20(15)28(21)33(31,32)19-11-16(22(25)29)10-17(24)12-19/h2-4,6,9-12,15,20-21H,1,5,7-8,13-14H2,(H2,25,29)/t15-,20-,21+/m1/s1. The lowest BCUT2D eigenvalue weighted by Crippen LogP contribution is -2.54. The van der Waals surface area contributed by atoms with Crippen molar-refractivity contribution in [3.63, 3.8) is 0 Å². The first-order valence-corrected chi connectivity index (χ1v) is 12.9. The Bertz CT molecular complexity index is 1190. The molecule has 2 bridgehead atoms. The number of rotatable bonds is 6. The van der Waals surface area contributed by atoms with Crippen LogP contribution in [0.5, 0.6) is 0 Å². The van der Waals surface area contributed by atoms with Crippen molar-refractivity contribution >= 4 is 37.8 Å². The number of hydrogen-bond donors (Lipinski definition) is 1. The molecule has 10 heteroatoms. The number of nitrogens with zero attached hydrogens (tertiary/aromatic N) is 3. The van der Waals surface area contributed by atoms with Gasteiger partial charge in [0, 0.05) is 34.7 Å². The molecular weight excluding hydrogens is 508 g/mol. The van der Waals surface area contributed by atoms with Crippen molar-refractivity contribution in [2.24, 2.45) is 11.7 Å². The first kappa shape index (κ1) is 23.6. The number of carbonyl (C=O) groups is 2. The summed E-state index contributed by atoms with van der Waals surface area (Å²) in [5, 5.41) is 0. The van der Waals surface area contributed by atoms with Crippen LogP contribution in [0.3, 0.4) is 0 Å². The molecule has 0 radical (unpaired) electrons. The Labute approximate surface area is 201 Å². The second kappa shape index (κ2) is 9.36. The molecule has 2 aromatic rings. The number of sulfonamides is 1. The fourth-order valence-corrected chi connectivity index (χ4v) is 7.29. The molecule has 2 saturated heterocycles. The highest BCUT2D eigenvalue weighted by molar-refractivity contribution is 9.10. The van der Waals surface area contributed by atoms with Crippen LogP contribution in [0.15, 0.2) is 64.6 Å². The molecule has 0 spiro atoms. The van der Waals surface area contributed by atoms with Crippen LogP contribution in [-0.2, 0) is 21.4 Å². The minimum atomic E-state index is -4.11. The zero-order valence-corrected chi connectivity index (χ0v) is 20.3. The van der Waals surface area contributed by atoms with Crippen LogP contribution in [0.4, 0.5) is 0 Å². The van der Waals surface area contributed by atoms with Gasteiger partial charge in [-0.1, -0.05) is 28.1 Å². The second-order valence-corrected chi connectivity index (χ2v) is 11.1. The summed E-state index contributed by atoms with van der Waals surface area (Å²) in [4.78, 5) is 31.3. The molecule has 3 heterocycles. The molecule has 0 aliphatic carbocycles. The van der Waals surface area contributed by atoms with E-state index in [0.29, 0.717) is 30.4 Å². The van der Waals surface area contributed by atoms with Crippen LogP contribution in [0.2, 0.25) is 0 Å². The number of piperidine rings is 1. The van der Waals surface area contributed by atoms with Crippen LogP contribution in [0.1, 0.15) is 35.3 Å². The number of benzene rings is 1. The number of fused-ring (bicyclic) bond motifs is 2. The van der Waals surface area contributed by atoms with Crippen molar-refractivity contribution in [3.8, 4) is 0 Å². The minimum Gasteiger partial charge on any atom is -0.366 e. The van der Waals surface area contributed by atoms with Gasteiger partial charge in [0.1, 0.15) is 6.04 Å². The van der Waals surface area contributed by atoms with E-state index >= 15 is 0 Å². The van der Waals surface area contributed by atoms with E-state index in [0.717, 1.165) is 12.1 Å². The highest BCUT2D eigenvalue weighted by Gasteiger charge is 2.49. The summed E-state index contributed by atoms with van der Waals surface area (Å²) in [7, 11) is -4.11. The first-order valence-electron chi connectivity index (χ1n) is 10.7. The zero-order chi connectivity index (χ0) is 23.8. The van der Waals surface area contributed by atoms with Gasteiger partial charge in [0.15, 0.2) is 0 Å². The quantitative estimate of drug-likeness (QED) is 0.574. The average molecular weight is 533 g/mol. The molecule has 1 aromatic carbocycles. The Morgan fingerprint density at radius 3 is 2.73 bits per heavy atom. The van der Waals surface area contributed by atoms with Crippen molar-refractivity contribution in [2.45, 2.75) is 42.8 Å². The highest BCUT2D eigenvalue weighted by atomic mass is 79.9. The number of carbonyl (C=O) groups excluding carboxylic acids is 2. The fraction of sp³-hybridized carbons (Fsp3) is 0.348. The molecule has 33 heavy (non-hydrogen) atoms. The third kappa shape index (κ3) is 4.60. The van der Waals surface area contributed by atoms with Gasteiger partial charge >= 0.3 is 0 Å². The van der Waals surface area contributed by atoms with Crippen LogP contribution >= 0.6 is 15.9 Å². The highest BCUT2D eigenvalue weighted by Crippen LogP contribution is 2.38. The van der Waals surface area contributed by atoms with Gasteiger partial charge in [0.2, 0.25) is 21.8 Å². The smallest absolute Gasteiger partial charge is 0.248 e. The lowest BCUT2D eigenvalue weighted by molar-refractivity contribution is -0.135. The molecular formula is C23H25BrN4O4S. The minimum absolute atomic E-state index is 0.0728. The summed E-state index contributed by atoms with van der Waals surface area (Å²) < 4.78 is 29.5. The van der Waals surface area contributed by atoms with Gasteiger partial charge < -0.3 is 10.6 Å². The van der Waals surface area contributed by atoms with E-state index in [1.807, 2.05) is 12.1 Å². The average Bonchev–Trinajstić information content (AvgIpc) is 2.86. The number of amides is 2. The van der Waals surface area contributed by atoms with Crippen molar-refractivity contribution in [1.82, 2.24) is 14.2 Å². The van der Waals surface area contributed by atoms with Crippen molar-refractivity contribution in [2.75, 3.05) is 6.54 Å². The monoisotopic (exact) mass is 532 g/mol. The van der Waals surface area contributed by atoms with Gasteiger partial charge in [-0.15, -0.1) is 6.58 Å². The summed E-state index contributed by atoms with van der Waals surface area (Å²) in [5.41, 5.74) is 6.21. The van der Waals surface area contributed by atoms with Crippen LogP contribution in [0.25, 0.3) is 0 Å². The van der Waals surface area contributed by atoms with E-state index in [-0.39, 0.29) is 22.3 Å². The second-order valence-electron chi connectivity index (χ2n) is 8.33. The molecule has 2 aliphatic rings. The molecule has 2 amide bonds. The van der Waals surface area contributed by atoms with E-state index in [2.05, 4.69) is 27.5 Å². The summed E-state index contributed by atoms with van der Waals surface area (Å²) in [6.07, 6.45) is 5.18. The SMILES string of the molecule is C=C[C@@H]1CN(Cc2ccccn2)C(=O)[C@@H]2CCC[C@H]1N2S(=O)(=O)c1cc(Br)cc(C(N)=O)c1. The largest absolute Gasteiger partial charge is 0.366 e. The molecule has 3 atom stereocenters. The molecule has 0 unspecified atom stereocenters. The predicted octanol–water partition coefficient (Wildman–Crippen LogP) is 2.70. The molecule has 8 nitrogen and oxygen atoms in total. The number of nitrogens with two attached hydrogens (primary N) is 1. The van der Waals surface area contributed by atoms with Gasteiger partial charge in [0.05, 0.1) is 17.1 Å². The maximum Gasteiger partial charge on any atom is 0.248 e. The summed E-state index contributed by atoms with van der Waals surface area (Å²) in [6.45, 7) is 4.59. The van der Waals surface area contributed by atoms with Gasteiger partial charge in [-0.25, -0.2) is 8.42 Å². The summed E-state index contributed by atoms with van der Waals surface area (Å²) in [5.74, 6) is -1.23. The van der Waals surface area contributed by atoms with Crippen LogP contribution in [0, 0.1) is 5.92 Å². The number of aromatic nitrogens is 1. The maximum atomic E-state index is 13.9. The predicted molar refractivity (Wildman–Crippen MR) is 126 cm³/mol. The van der Waals surface area contributed by atoms with Crippen molar-refractivity contribution in [1.29, 1.82) is 0 Å². The summed E-state index contributed by atoms with van der Waals surface area (Å²) >= 11 is 3.27. The van der Waals surface area contributed by atoms with E-state index < -0.39 is 28.0 Å². The normalized spacial score (nSPS) is 23.7. The zero-order valence-electron chi connectivity index (χ0n) is 17.9. The van der Waals surface area contributed by atoms with Crippen LogP contribution in [-0.4, -0.2) is 53.0 Å². The number of halogens is 1. The molecule has 2 fully saturated rings. The van der Waals surface area contributed by atoms with E-state index in [4.69, 9.17) is 5.73 Å². The molecule has 2 aliphatic heterocycles. The van der Waals surface area contributed by atoms with Gasteiger partial charge in [-0.05, 0) is 49.6 Å². The van der Waals surface area contributed by atoms with E-state index in [9.17, 15) is 18.0 Å². The third-order valence-corrected chi connectivity index (χ3v) is 8.62. The molecule has 1 aromatic heterocycles. The first-order chi connectivity index (χ1) is 15.7.